The van der Waals surface area contributed by atoms with Crippen molar-refractivity contribution in [1.29, 1.82) is 0 Å². The third-order valence-electron chi connectivity index (χ3n) is 2.52. The maximum absolute atomic E-state index is 12.2. The highest BCUT2D eigenvalue weighted by Gasteiger charge is 2.49. The first-order valence-corrected chi connectivity index (χ1v) is 13.4. The summed E-state index contributed by atoms with van der Waals surface area (Å²) in [6, 6.07) is 0. The van der Waals surface area contributed by atoms with Gasteiger partial charge in [0.15, 0.2) is 0 Å². The van der Waals surface area contributed by atoms with Gasteiger partial charge in [-0.25, -0.2) is 12.7 Å². The van der Waals surface area contributed by atoms with E-state index in [0.717, 1.165) is 15.8 Å². The van der Waals surface area contributed by atoms with E-state index in [1.807, 2.05) is 13.8 Å². The molecule has 18 heavy (non-hydrogen) atoms. The Balaban J connectivity index is 3.10. The summed E-state index contributed by atoms with van der Waals surface area (Å²) in [5.41, 5.74) is -0.507. The molecule has 0 aromatic carbocycles. The molecule has 1 unspecified atom stereocenters. The summed E-state index contributed by atoms with van der Waals surface area (Å²) in [4.78, 5) is 12.2. The van der Waals surface area contributed by atoms with Crippen LogP contribution in [0.1, 0.15) is 20.8 Å². The lowest BCUT2D eigenvalue weighted by atomic mass is 10.4. The van der Waals surface area contributed by atoms with E-state index in [1.54, 1.807) is 29.7 Å². The topological polar surface area (TPSA) is 54.5 Å². The van der Waals surface area contributed by atoms with Gasteiger partial charge in [-0.1, -0.05) is 25.7 Å². The number of hydrogen-bond acceptors (Lipinski definition) is 6. The van der Waals surface area contributed by atoms with Crippen molar-refractivity contribution in [2.24, 2.45) is 0 Å². The fourth-order valence-electron chi connectivity index (χ4n) is 1.82. The Kier molecular flexibility index (Phi) is 6.06. The molecule has 0 radical (unpaired) electrons. The highest BCUT2D eigenvalue weighted by molar-refractivity contribution is 9.00. The molecule has 0 aliphatic carbocycles. The lowest BCUT2D eigenvalue weighted by molar-refractivity contribution is -0.124. The van der Waals surface area contributed by atoms with Crippen LogP contribution < -0.4 is 0 Å². The first-order valence-electron chi connectivity index (χ1n) is 5.75. The van der Waals surface area contributed by atoms with Gasteiger partial charge >= 0.3 is 0 Å². The number of rotatable bonds is 6. The van der Waals surface area contributed by atoms with Crippen LogP contribution in [0.5, 0.6) is 0 Å². The molecule has 0 saturated carbocycles. The maximum atomic E-state index is 12.2. The number of amides is 1. The number of carbonyl (C=O) groups excluding carboxylic acids is 1. The third-order valence-corrected chi connectivity index (χ3v) is 16.8. The van der Waals surface area contributed by atoms with Crippen LogP contribution in [0.4, 0.5) is 0 Å². The Morgan fingerprint density at radius 3 is 2.17 bits per heavy atom. The fraction of sp³-hybridized carbons (Fsp3) is 0.889. The van der Waals surface area contributed by atoms with Gasteiger partial charge in [0.05, 0.1) is 10.2 Å². The SMILES string of the molecule is CCSP(=S)(SCC)C1CS(=O)(=O)N(CC)C1=O. The number of nitrogens with zero attached hydrogens (tertiary/aromatic N) is 1. The predicted octanol–water partition coefficient (Wildman–Crippen LogP) is 2.36. The minimum absolute atomic E-state index is 0.100. The van der Waals surface area contributed by atoms with E-state index in [-0.39, 0.29) is 18.2 Å². The van der Waals surface area contributed by atoms with Crippen LogP contribution in [0.25, 0.3) is 0 Å². The van der Waals surface area contributed by atoms with Gasteiger partial charge in [0.2, 0.25) is 15.9 Å². The molecule has 1 atom stereocenters. The van der Waals surface area contributed by atoms with E-state index in [1.165, 1.54) is 0 Å². The summed E-state index contributed by atoms with van der Waals surface area (Å²) in [6.45, 7) is 5.88. The lowest BCUT2D eigenvalue weighted by Gasteiger charge is -2.24. The van der Waals surface area contributed by atoms with Crippen LogP contribution in [-0.2, 0) is 26.6 Å². The summed E-state index contributed by atoms with van der Waals surface area (Å²) >= 11 is 8.85. The molecule has 1 fully saturated rings. The average Bonchev–Trinajstić information content (AvgIpc) is 2.50. The summed E-state index contributed by atoms with van der Waals surface area (Å²) in [5, 5.41) is 0. The van der Waals surface area contributed by atoms with E-state index in [4.69, 9.17) is 11.8 Å². The highest BCUT2D eigenvalue weighted by Crippen LogP contribution is 2.73. The van der Waals surface area contributed by atoms with Crippen molar-refractivity contribution in [3.8, 4) is 0 Å². The van der Waals surface area contributed by atoms with Crippen molar-refractivity contribution in [3.63, 3.8) is 0 Å². The van der Waals surface area contributed by atoms with Crippen LogP contribution in [0.2, 0.25) is 0 Å². The van der Waals surface area contributed by atoms with Gasteiger partial charge in [0.25, 0.3) is 0 Å². The van der Waals surface area contributed by atoms with Crippen molar-refractivity contribution in [2.45, 2.75) is 26.4 Å². The molecular formula is C9H18NO3PS4. The second-order valence-electron chi connectivity index (χ2n) is 3.67. The van der Waals surface area contributed by atoms with E-state index < -0.39 is 20.1 Å². The quantitative estimate of drug-likeness (QED) is 0.688. The minimum atomic E-state index is -3.44. The molecule has 0 aromatic heterocycles. The molecule has 0 spiro atoms. The Bertz CT molecular complexity index is 454. The first-order chi connectivity index (χ1) is 8.32. The molecule has 0 N–H and O–H groups in total. The molecule has 0 aromatic rings. The van der Waals surface area contributed by atoms with Gasteiger partial charge < -0.3 is 0 Å². The molecule has 1 aliphatic heterocycles. The second-order valence-corrected chi connectivity index (χ2v) is 17.8. The van der Waals surface area contributed by atoms with E-state index in [9.17, 15) is 13.2 Å². The van der Waals surface area contributed by atoms with E-state index in [0.29, 0.717) is 0 Å². The van der Waals surface area contributed by atoms with Crippen molar-refractivity contribution in [3.05, 3.63) is 0 Å². The highest BCUT2D eigenvalue weighted by atomic mass is 33.2. The lowest BCUT2D eigenvalue weighted by Crippen LogP contribution is -2.31. The number of sulfonamides is 1. The Labute approximate surface area is 122 Å². The molecular weight excluding hydrogens is 329 g/mol. The zero-order valence-corrected chi connectivity index (χ0v) is 14.8. The van der Waals surface area contributed by atoms with Gasteiger partial charge in [-0.05, 0) is 18.4 Å². The van der Waals surface area contributed by atoms with Crippen LogP contribution in [0, 0.1) is 0 Å². The normalized spacial score (nSPS) is 23.6. The smallest absolute Gasteiger partial charge is 0.246 e. The van der Waals surface area contributed by atoms with E-state index >= 15 is 0 Å². The fourth-order valence-corrected chi connectivity index (χ4v) is 16.7. The molecule has 4 nitrogen and oxygen atoms in total. The maximum Gasteiger partial charge on any atom is 0.246 e. The van der Waals surface area contributed by atoms with E-state index in [2.05, 4.69) is 0 Å². The van der Waals surface area contributed by atoms with Crippen molar-refractivity contribution in [2.75, 3.05) is 23.8 Å². The summed E-state index contributed by atoms with van der Waals surface area (Å²) in [7, 11) is -3.44. The molecule has 1 saturated heterocycles. The Hall–Kier alpha value is 0.770. The summed E-state index contributed by atoms with van der Waals surface area (Å²) < 4.78 is 22.8. The van der Waals surface area contributed by atoms with Crippen LogP contribution >= 0.6 is 27.2 Å². The van der Waals surface area contributed by atoms with Crippen molar-refractivity contribution in [1.82, 2.24) is 4.31 Å². The van der Waals surface area contributed by atoms with Gasteiger partial charge in [0, 0.05) is 6.54 Å². The molecule has 1 aliphatic rings. The zero-order valence-electron chi connectivity index (χ0n) is 10.7. The number of carbonyl (C=O) groups is 1. The molecule has 1 heterocycles. The largest absolute Gasteiger partial charge is 0.273 e. The molecule has 1 amide bonds. The van der Waals surface area contributed by atoms with Crippen molar-refractivity contribution < 1.29 is 13.2 Å². The van der Waals surface area contributed by atoms with Gasteiger partial charge in [-0.15, -0.1) is 22.8 Å². The average molecular weight is 347 g/mol. The molecule has 9 heteroatoms. The monoisotopic (exact) mass is 347 g/mol. The van der Waals surface area contributed by atoms with Gasteiger partial charge in [-0.3, -0.25) is 4.79 Å². The third kappa shape index (κ3) is 3.26. The standard InChI is InChI=1S/C9H18NO3PS4/c1-4-10-9(11)8(7-18(10,12)13)14(15,16-5-2)17-6-3/h8H,4-7H2,1-3H3. The van der Waals surface area contributed by atoms with Gasteiger partial charge in [-0.2, -0.15) is 0 Å². The van der Waals surface area contributed by atoms with Gasteiger partial charge in [0.1, 0.15) is 5.66 Å². The Morgan fingerprint density at radius 2 is 1.83 bits per heavy atom. The van der Waals surface area contributed by atoms with Crippen LogP contribution in [0.3, 0.4) is 0 Å². The zero-order chi connectivity index (χ0) is 14.0. The summed E-state index contributed by atoms with van der Waals surface area (Å²) in [6.07, 6.45) is 0. The molecule has 0 bridgehead atoms. The second kappa shape index (κ2) is 6.48. The minimum Gasteiger partial charge on any atom is -0.273 e. The summed E-state index contributed by atoms with van der Waals surface area (Å²) in [5.74, 6) is 1.25. The molecule has 106 valence electrons. The predicted molar refractivity (Wildman–Crippen MR) is 85.5 cm³/mol. The Morgan fingerprint density at radius 1 is 1.33 bits per heavy atom. The van der Waals surface area contributed by atoms with Crippen LogP contribution in [-0.4, -0.2) is 48.1 Å². The number of hydrogen-bond donors (Lipinski definition) is 0. The van der Waals surface area contributed by atoms with Crippen molar-refractivity contribution >= 4 is 54.9 Å². The van der Waals surface area contributed by atoms with Crippen LogP contribution in [0.15, 0.2) is 0 Å². The molecule has 1 rings (SSSR count). The first kappa shape index (κ1) is 16.8.